The van der Waals surface area contributed by atoms with E-state index in [0.29, 0.717) is 17.7 Å². The second-order valence-electron chi connectivity index (χ2n) is 4.58. The average Bonchev–Trinajstić information content (AvgIpc) is 2.87. The number of carbonyl (C=O) groups excluding carboxylic acids is 1. The van der Waals surface area contributed by atoms with E-state index in [1.807, 2.05) is 17.7 Å². The first-order chi connectivity index (χ1) is 9.06. The highest BCUT2D eigenvalue weighted by atomic mass is 19.1. The highest BCUT2D eigenvalue weighted by Crippen LogP contribution is 2.15. The summed E-state index contributed by atoms with van der Waals surface area (Å²) in [6, 6.07) is 4.68. The van der Waals surface area contributed by atoms with Gasteiger partial charge in [0.1, 0.15) is 5.82 Å². The van der Waals surface area contributed by atoms with Crippen LogP contribution in [0.15, 0.2) is 36.9 Å². The third-order valence-corrected chi connectivity index (χ3v) is 2.97. The van der Waals surface area contributed by atoms with Crippen LogP contribution in [0.1, 0.15) is 24.9 Å². The van der Waals surface area contributed by atoms with Gasteiger partial charge in [-0.25, -0.2) is 9.37 Å². The zero-order valence-electron chi connectivity index (χ0n) is 10.9. The van der Waals surface area contributed by atoms with Gasteiger partial charge < -0.3 is 9.88 Å². The monoisotopic (exact) mass is 261 g/mol. The summed E-state index contributed by atoms with van der Waals surface area (Å²) in [6.07, 6.45) is 5.46. The summed E-state index contributed by atoms with van der Waals surface area (Å²) < 4.78 is 15.2. The smallest absolute Gasteiger partial charge is 0.226 e. The molecular weight excluding hydrogens is 245 g/mol. The lowest BCUT2D eigenvalue weighted by atomic mass is 10.2. The Kier molecular flexibility index (Phi) is 3.94. The Morgan fingerprint density at radius 2 is 2.32 bits per heavy atom. The molecule has 1 heterocycles. The van der Waals surface area contributed by atoms with Crippen molar-refractivity contribution in [1.82, 2.24) is 9.55 Å². The van der Waals surface area contributed by atoms with Crippen molar-refractivity contribution in [3.63, 3.8) is 0 Å². The highest BCUT2D eigenvalue weighted by molar-refractivity contribution is 5.90. The molecule has 0 aliphatic carbocycles. The van der Waals surface area contributed by atoms with Crippen LogP contribution in [0.5, 0.6) is 0 Å². The van der Waals surface area contributed by atoms with Gasteiger partial charge in [0.05, 0.1) is 6.33 Å². The third-order valence-electron chi connectivity index (χ3n) is 2.97. The van der Waals surface area contributed by atoms with Gasteiger partial charge in [0.2, 0.25) is 5.91 Å². The molecule has 0 unspecified atom stereocenters. The van der Waals surface area contributed by atoms with Crippen molar-refractivity contribution in [2.75, 3.05) is 5.32 Å². The number of nitrogens with one attached hydrogen (secondary N) is 1. The number of benzene rings is 1. The summed E-state index contributed by atoms with van der Waals surface area (Å²) in [6.45, 7) is 3.61. The number of aryl methyl sites for hydroxylation is 1. The summed E-state index contributed by atoms with van der Waals surface area (Å²) in [5, 5.41) is 2.69. The Morgan fingerprint density at radius 3 is 2.95 bits per heavy atom. The molecule has 0 aliphatic heterocycles. The Morgan fingerprint density at radius 1 is 1.53 bits per heavy atom. The largest absolute Gasteiger partial charge is 0.334 e. The lowest BCUT2D eigenvalue weighted by molar-refractivity contribution is -0.116. The summed E-state index contributed by atoms with van der Waals surface area (Å²) in [4.78, 5) is 15.8. The van der Waals surface area contributed by atoms with E-state index in [0.717, 1.165) is 0 Å². The molecule has 0 fully saturated rings. The van der Waals surface area contributed by atoms with Crippen LogP contribution in [0.4, 0.5) is 10.1 Å². The Balaban J connectivity index is 1.95. The number of hydrogen-bond donors (Lipinski definition) is 1. The molecule has 1 aromatic carbocycles. The molecule has 0 bridgehead atoms. The zero-order chi connectivity index (χ0) is 13.8. The summed E-state index contributed by atoms with van der Waals surface area (Å²) in [5.41, 5.74) is 1.04. The first-order valence-corrected chi connectivity index (χ1v) is 6.09. The predicted molar refractivity (Wildman–Crippen MR) is 71.3 cm³/mol. The van der Waals surface area contributed by atoms with Crippen LogP contribution in [0, 0.1) is 12.7 Å². The van der Waals surface area contributed by atoms with Crippen molar-refractivity contribution in [1.29, 1.82) is 0 Å². The van der Waals surface area contributed by atoms with E-state index in [9.17, 15) is 9.18 Å². The van der Waals surface area contributed by atoms with Crippen molar-refractivity contribution >= 4 is 11.6 Å². The molecule has 1 amide bonds. The fourth-order valence-electron chi connectivity index (χ4n) is 1.79. The Labute approximate surface area is 111 Å². The molecule has 1 aromatic heterocycles. The zero-order valence-corrected chi connectivity index (χ0v) is 10.9. The number of halogens is 1. The van der Waals surface area contributed by atoms with Crippen LogP contribution in [-0.4, -0.2) is 15.5 Å². The fraction of sp³-hybridized carbons (Fsp3) is 0.286. The SMILES string of the molecule is Cc1ccc(NC(=O)C[C@@H](C)n2ccnc2)cc1F. The molecular formula is C14H16FN3O. The van der Waals surface area contributed by atoms with Crippen molar-refractivity contribution in [3.8, 4) is 0 Å². The van der Waals surface area contributed by atoms with Crippen LogP contribution in [0.3, 0.4) is 0 Å². The number of anilines is 1. The summed E-state index contributed by atoms with van der Waals surface area (Å²) in [7, 11) is 0. The van der Waals surface area contributed by atoms with Gasteiger partial charge in [-0.15, -0.1) is 0 Å². The Hall–Kier alpha value is -2.17. The van der Waals surface area contributed by atoms with Gasteiger partial charge in [-0.2, -0.15) is 0 Å². The van der Waals surface area contributed by atoms with Gasteiger partial charge >= 0.3 is 0 Å². The maximum absolute atomic E-state index is 13.4. The minimum Gasteiger partial charge on any atom is -0.334 e. The highest BCUT2D eigenvalue weighted by Gasteiger charge is 2.11. The van der Waals surface area contributed by atoms with E-state index in [2.05, 4.69) is 10.3 Å². The van der Waals surface area contributed by atoms with Crippen LogP contribution >= 0.6 is 0 Å². The van der Waals surface area contributed by atoms with Gasteiger partial charge in [-0.1, -0.05) is 6.07 Å². The van der Waals surface area contributed by atoms with Gasteiger partial charge in [-0.3, -0.25) is 4.79 Å². The number of aromatic nitrogens is 2. The molecule has 4 nitrogen and oxygen atoms in total. The van der Waals surface area contributed by atoms with Crippen LogP contribution in [0.25, 0.3) is 0 Å². The predicted octanol–water partition coefficient (Wildman–Crippen LogP) is 2.92. The van der Waals surface area contributed by atoms with E-state index in [1.54, 1.807) is 31.6 Å². The lowest BCUT2D eigenvalue weighted by Gasteiger charge is -2.13. The first kappa shape index (κ1) is 13.3. The topological polar surface area (TPSA) is 46.9 Å². The molecule has 1 atom stereocenters. The molecule has 2 rings (SSSR count). The van der Waals surface area contributed by atoms with Crippen molar-refractivity contribution in [3.05, 3.63) is 48.3 Å². The fourth-order valence-corrected chi connectivity index (χ4v) is 1.79. The normalized spacial score (nSPS) is 12.2. The van der Waals surface area contributed by atoms with Gasteiger partial charge in [0.15, 0.2) is 0 Å². The summed E-state index contributed by atoms with van der Waals surface area (Å²) in [5.74, 6) is -0.468. The van der Waals surface area contributed by atoms with E-state index in [1.165, 1.54) is 6.07 Å². The second-order valence-corrected chi connectivity index (χ2v) is 4.58. The Bertz CT molecular complexity index is 566. The van der Waals surface area contributed by atoms with Gasteiger partial charge in [-0.05, 0) is 31.5 Å². The minimum absolute atomic E-state index is 0.0118. The number of nitrogens with zero attached hydrogens (tertiary/aromatic N) is 2. The minimum atomic E-state index is -0.319. The van der Waals surface area contributed by atoms with Crippen molar-refractivity contribution < 1.29 is 9.18 Å². The van der Waals surface area contributed by atoms with Gasteiger partial charge in [0, 0.05) is 30.5 Å². The van der Waals surface area contributed by atoms with Gasteiger partial charge in [0.25, 0.3) is 0 Å². The van der Waals surface area contributed by atoms with Crippen LogP contribution in [0.2, 0.25) is 0 Å². The number of imidazole rings is 1. The quantitative estimate of drug-likeness (QED) is 0.919. The van der Waals surface area contributed by atoms with E-state index < -0.39 is 0 Å². The van der Waals surface area contributed by atoms with E-state index in [4.69, 9.17) is 0 Å². The molecule has 19 heavy (non-hydrogen) atoms. The lowest BCUT2D eigenvalue weighted by Crippen LogP contribution is -2.17. The van der Waals surface area contributed by atoms with Crippen LogP contribution in [-0.2, 0) is 4.79 Å². The standard InChI is InChI=1S/C14H16FN3O/c1-10-3-4-12(8-13(10)15)17-14(19)7-11(2)18-6-5-16-9-18/h3-6,8-9,11H,7H2,1-2H3,(H,17,19)/t11-/m1/s1. The first-order valence-electron chi connectivity index (χ1n) is 6.09. The molecule has 1 N–H and O–H groups in total. The molecule has 0 spiro atoms. The third kappa shape index (κ3) is 3.40. The van der Waals surface area contributed by atoms with E-state index >= 15 is 0 Å². The van der Waals surface area contributed by atoms with Crippen LogP contribution < -0.4 is 5.32 Å². The molecule has 0 saturated carbocycles. The number of hydrogen-bond acceptors (Lipinski definition) is 2. The average molecular weight is 261 g/mol. The maximum Gasteiger partial charge on any atom is 0.226 e. The molecule has 0 radical (unpaired) electrons. The van der Waals surface area contributed by atoms with Crippen molar-refractivity contribution in [2.24, 2.45) is 0 Å². The molecule has 5 heteroatoms. The number of amides is 1. The number of carbonyl (C=O) groups is 1. The number of rotatable bonds is 4. The molecule has 100 valence electrons. The maximum atomic E-state index is 13.4. The molecule has 0 saturated heterocycles. The molecule has 2 aromatic rings. The second kappa shape index (κ2) is 5.65. The summed E-state index contributed by atoms with van der Waals surface area (Å²) >= 11 is 0. The van der Waals surface area contributed by atoms with Crippen molar-refractivity contribution in [2.45, 2.75) is 26.3 Å². The van der Waals surface area contributed by atoms with E-state index in [-0.39, 0.29) is 17.8 Å². The molecule has 0 aliphatic rings.